The van der Waals surface area contributed by atoms with Crippen molar-refractivity contribution in [3.05, 3.63) is 24.0 Å². The van der Waals surface area contributed by atoms with Crippen LogP contribution in [0.2, 0.25) is 5.28 Å². The Morgan fingerprint density at radius 3 is 2.53 bits per heavy atom. The third-order valence-corrected chi connectivity index (χ3v) is 2.29. The SMILES string of the molecule is N#CCN(CC#N)c1nc(Cl)nc(-n2ccnc2)n1. The predicted molar refractivity (Wildman–Crippen MR) is 65.4 cm³/mol. The van der Waals surface area contributed by atoms with Crippen LogP contribution in [0.3, 0.4) is 0 Å². The summed E-state index contributed by atoms with van der Waals surface area (Å²) in [4.78, 5) is 17.3. The lowest BCUT2D eigenvalue weighted by Gasteiger charge is -2.15. The molecule has 2 aromatic heterocycles. The largest absolute Gasteiger partial charge is 0.314 e. The fraction of sp³-hybridized carbons (Fsp3) is 0.200. The van der Waals surface area contributed by atoms with Gasteiger partial charge in [-0.25, -0.2) is 4.98 Å². The van der Waals surface area contributed by atoms with Crippen LogP contribution in [0.15, 0.2) is 18.7 Å². The van der Waals surface area contributed by atoms with Gasteiger partial charge in [-0.1, -0.05) is 0 Å². The van der Waals surface area contributed by atoms with Crippen LogP contribution < -0.4 is 4.90 Å². The second kappa shape index (κ2) is 5.76. The Labute approximate surface area is 113 Å². The lowest BCUT2D eigenvalue weighted by molar-refractivity contribution is 0.837. The van der Waals surface area contributed by atoms with Gasteiger partial charge in [0.2, 0.25) is 17.2 Å². The number of hydrogen-bond acceptors (Lipinski definition) is 7. The van der Waals surface area contributed by atoms with E-state index in [1.54, 1.807) is 17.0 Å². The molecule has 0 aromatic carbocycles. The summed E-state index contributed by atoms with van der Waals surface area (Å²) in [5, 5.41) is 17.4. The Kier molecular flexibility index (Phi) is 3.86. The highest BCUT2D eigenvalue weighted by Crippen LogP contribution is 2.13. The van der Waals surface area contributed by atoms with E-state index in [1.165, 1.54) is 11.2 Å². The summed E-state index contributed by atoms with van der Waals surface area (Å²) in [5.41, 5.74) is 0. The summed E-state index contributed by atoms with van der Waals surface area (Å²) in [6, 6.07) is 3.87. The van der Waals surface area contributed by atoms with Crippen LogP contribution in [0.1, 0.15) is 0 Å². The average Bonchev–Trinajstić information content (AvgIpc) is 2.91. The van der Waals surface area contributed by atoms with Crippen molar-refractivity contribution in [2.45, 2.75) is 0 Å². The monoisotopic (exact) mass is 274 g/mol. The van der Waals surface area contributed by atoms with Gasteiger partial charge in [0, 0.05) is 12.4 Å². The van der Waals surface area contributed by atoms with Crippen LogP contribution in [0.25, 0.3) is 5.95 Å². The minimum atomic E-state index is -0.0189. The molecule has 0 unspecified atom stereocenters. The summed E-state index contributed by atoms with van der Waals surface area (Å²) in [5.74, 6) is 0.445. The number of nitriles is 2. The van der Waals surface area contributed by atoms with Gasteiger partial charge < -0.3 is 4.90 Å². The summed E-state index contributed by atoms with van der Waals surface area (Å²) in [7, 11) is 0. The lowest BCUT2D eigenvalue weighted by Crippen LogP contribution is -2.26. The molecule has 0 N–H and O–H groups in total. The lowest BCUT2D eigenvalue weighted by atomic mass is 10.5. The normalized spacial score (nSPS) is 9.63. The summed E-state index contributed by atoms with van der Waals surface area (Å²) in [6.45, 7) is -0.0332. The van der Waals surface area contributed by atoms with Crippen LogP contribution >= 0.6 is 11.6 Å². The zero-order chi connectivity index (χ0) is 13.7. The third kappa shape index (κ3) is 2.94. The molecule has 94 valence electrons. The van der Waals surface area contributed by atoms with E-state index in [1.807, 2.05) is 12.1 Å². The van der Waals surface area contributed by atoms with Crippen molar-refractivity contribution in [3.63, 3.8) is 0 Å². The highest BCUT2D eigenvalue weighted by atomic mass is 35.5. The second-order valence-corrected chi connectivity index (χ2v) is 3.68. The number of aromatic nitrogens is 5. The van der Waals surface area contributed by atoms with E-state index in [9.17, 15) is 0 Å². The summed E-state index contributed by atoms with van der Waals surface area (Å²) in [6.07, 6.45) is 4.72. The first-order chi connectivity index (χ1) is 9.24. The summed E-state index contributed by atoms with van der Waals surface area (Å²) < 4.78 is 1.55. The molecule has 0 amide bonds. The number of imidazole rings is 1. The van der Waals surface area contributed by atoms with E-state index in [2.05, 4.69) is 19.9 Å². The fourth-order valence-electron chi connectivity index (χ4n) is 1.33. The molecule has 0 saturated carbocycles. The molecule has 0 fully saturated rings. The van der Waals surface area contributed by atoms with Gasteiger partial charge in [0.15, 0.2) is 0 Å². The molecule has 0 atom stereocenters. The smallest absolute Gasteiger partial charge is 0.241 e. The second-order valence-electron chi connectivity index (χ2n) is 3.35. The molecule has 0 radical (unpaired) electrons. The van der Waals surface area contributed by atoms with Crippen molar-refractivity contribution in [2.75, 3.05) is 18.0 Å². The van der Waals surface area contributed by atoms with Gasteiger partial charge in [0.25, 0.3) is 0 Å². The average molecular weight is 275 g/mol. The maximum Gasteiger partial charge on any atom is 0.241 e. The molecule has 0 saturated heterocycles. The number of anilines is 1. The van der Waals surface area contributed by atoms with E-state index in [-0.39, 0.29) is 30.3 Å². The summed E-state index contributed by atoms with van der Waals surface area (Å²) >= 11 is 5.82. The van der Waals surface area contributed by atoms with Crippen molar-refractivity contribution >= 4 is 17.5 Å². The van der Waals surface area contributed by atoms with Gasteiger partial charge in [-0.15, -0.1) is 0 Å². The predicted octanol–water partition coefficient (Wildman–Crippen LogP) is 0.564. The van der Waals surface area contributed by atoms with Gasteiger partial charge in [-0.05, 0) is 11.6 Å². The number of nitrogens with zero attached hydrogens (tertiary/aromatic N) is 8. The van der Waals surface area contributed by atoms with E-state index in [0.29, 0.717) is 0 Å². The van der Waals surface area contributed by atoms with Gasteiger partial charge in [-0.2, -0.15) is 25.5 Å². The molecule has 9 heteroatoms. The van der Waals surface area contributed by atoms with Gasteiger partial charge in [0.05, 0.1) is 12.1 Å². The first-order valence-corrected chi connectivity index (χ1v) is 5.51. The molecule has 0 bridgehead atoms. The maximum absolute atomic E-state index is 8.73. The first kappa shape index (κ1) is 12.7. The van der Waals surface area contributed by atoms with Crippen LogP contribution in [-0.2, 0) is 0 Å². The fourth-order valence-corrected chi connectivity index (χ4v) is 1.48. The third-order valence-electron chi connectivity index (χ3n) is 2.13. The molecule has 0 spiro atoms. The Morgan fingerprint density at radius 1 is 1.21 bits per heavy atom. The molecular formula is C10H7ClN8. The van der Waals surface area contributed by atoms with Crippen molar-refractivity contribution in [1.82, 2.24) is 24.5 Å². The number of halogens is 1. The maximum atomic E-state index is 8.73. The molecule has 0 aliphatic rings. The Balaban J connectivity index is 2.41. The van der Waals surface area contributed by atoms with E-state index >= 15 is 0 Å². The standard InChI is InChI=1S/C10H7ClN8/c11-8-15-9(18(4-1-12)5-2-13)17-10(16-8)19-6-3-14-7-19/h3,6-7H,4-5H2. The topological polar surface area (TPSA) is 107 Å². The molecule has 2 heterocycles. The Hall–Kier alpha value is -2.71. The minimum absolute atomic E-state index is 0.0166. The molecular weight excluding hydrogens is 268 g/mol. The molecule has 8 nitrogen and oxygen atoms in total. The van der Waals surface area contributed by atoms with E-state index in [4.69, 9.17) is 22.1 Å². The Morgan fingerprint density at radius 2 is 1.95 bits per heavy atom. The van der Waals surface area contributed by atoms with E-state index in [0.717, 1.165) is 0 Å². The van der Waals surface area contributed by atoms with E-state index < -0.39 is 0 Å². The highest BCUT2D eigenvalue weighted by molar-refractivity contribution is 6.28. The molecule has 0 aliphatic heterocycles. The highest BCUT2D eigenvalue weighted by Gasteiger charge is 2.13. The zero-order valence-corrected chi connectivity index (χ0v) is 10.4. The van der Waals surface area contributed by atoms with Crippen molar-refractivity contribution in [1.29, 1.82) is 10.5 Å². The van der Waals surface area contributed by atoms with Crippen LogP contribution in [0, 0.1) is 22.7 Å². The van der Waals surface area contributed by atoms with Crippen LogP contribution in [-0.4, -0.2) is 37.6 Å². The number of hydrogen-bond donors (Lipinski definition) is 0. The van der Waals surface area contributed by atoms with Gasteiger partial charge in [0.1, 0.15) is 19.4 Å². The van der Waals surface area contributed by atoms with Gasteiger partial charge in [-0.3, -0.25) is 4.57 Å². The van der Waals surface area contributed by atoms with Crippen molar-refractivity contribution < 1.29 is 0 Å². The van der Waals surface area contributed by atoms with Crippen molar-refractivity contribution in [3.8, 4) is 18.1 Å². The first-order valence-electron chi connectivity index (χ1n) is 5.13. The molecule has 0 aliphatic carbocycles. The van der Waals surface area contributed by atoms with Crippen molar-refractivity contribution in [2.24, 2.45) is 0 Å². The van der Waals surface area contributed by atoms with Crippen LogP contribution in [0.4, 0.5) is 5.95 Å². The van der Waals surface area contributed by atoms with Gasteiger partial charge >= 0.3 is 0 Å². The molecule has 2 aromatic rings. The van der Waals surface area contributed by atoms with Crippen LogP contribution in [0.5, 0.6) is 0 Å². The minimum Gasteiger partial charge on any atom is -0.314 e. The molecule has 19 heavy (non-hydrogen) atoms. The Bertz CT molecular complexity index is 623. The number of rotatable bonds is 4. The quantitative estimate of drug-likeness (QED) is 0.750. The zero-order valence-electron chi connectivity index (χ0n) is 9.60. The molecule has 2 rings (SSSR count).